The van der Waals surface area contributed by atoms with E-state index >= 15 is 0 Å². The van der Waals surface area contributed by atoms with Crippen molar-refractivity contribution in [1.29, 1.82) is 0 Å². The first-order valence-electron chi connectivity index (χ1n) is 8.18. The van der Waals surface area contributed by atoms with Gasteiger partial charge in [-0.1, -0.05) is 24.3 Å². The van der Waals surface area contributed by atoms with Crippen molar-refractivity contribution in [3.63, 3.8) is 0 Å². The van der Waals surface area contributed by atoms with Crippen LogP contribution in [0, 0.1) is 5.82 Å². The van der Waals surface area contributed by atoms with Gasteiger partial charge < -0.3 is 15.6 Å². The summed E-state index contributed by atoms with van der Waals surface area (Å²) in [5.74, 6) is -0.0558. The van der Waals surface area contributed by atoms with Crippen LogP contribution in [-0.4, -0.2) is 30.3 Å². The number of ether oxygens (including phenoxy) is 1. The summed E-state index contributed by atoms with van der Waals surface area (Å²) in [6.45, 7) is 0.637. The fraction of sp³-hybridized carbons (Fsp3) is 0.316. The van der Waals surface area contributed by atoms with Gasteiger partial charge in [-0.2, -0.15) is 0 Å². The Morgan fingerprint density at radius 3 is 2.60 bits per heavy atom. The minimum Gasteiger partial charge on any atom is -0.494 e. The molecule has 0 aliphatic heterocycles. The highest BCUT2D eigenvalue weighted by molar-refractivity contribution is 5.79. The van der Waals surface area contributed by atoms with E-state index in [1.54, 1.807) is 6.07 Å². The van der Waals surface area contributed by atoms with Gasteiger partial charge in [-0.25, -0.2) is 4.39 Å². The molecule has 0 heterocycles. The van der Waals surface area contributed by atoms with Crippen LogP contribution in [0.2, 0.25) is 0 Å². The van der Waals surface area contributed by atoms with Crippen molar-refractivity contribution in [1.82, 2.24) is 5.32 Å². The molecule has 1 amide bonds. The Labute approximate surface area is 146 Å². The zero-order valence-electron chi connectivity index (χ0n) is 14.0. The summed E-state index contributed by atoms with van der Waals surface area (Å²) >= 11 is 0. The topological polar surface area (TPSA) is 84.6 Å². The average molecular weight is 346 g/mol. The van der Waals surface area contributed by atoms with E-state index in [0.717, 1.165) is 29.7 Å². The molecule has 5 nitrogen and oxygen atoms in total. The number of halogens is 1. The maximum Gasteiger partial charge on any atom is 0.236 e. The molecule has 0 aromatic heterocycles. The van der Waals surface area contributed by atoms with Gasteiger partial charge in [-0.05, 0) is 48.2 Å². The van der Waals surface area contributed by atoms with Gasteiger partial charge in [0.1, 0.15) is 17.6 Å². The first-order chi connectivity index (χ1) is 12.1. The number of carbonyl (C=O) groups is 1. The summed E-state index contributed by atoms with van der Waals surface area (Å²) < 4.78 is 18.8. The summed E-state index contributed by atoms with van der Waals surface area (Å²) in [5.41, 5.74) is 7.06. The average Bonchev–Trinajstić information content (AvgIpc) is 2.60. The van der Waals surface area contributed by atoms with Crippen LogP contribution < -0.4 is 15.8 Å². The number of carbonyl (C=O) groups excluding carboxylic acids is 1. The molecule has 0 saturated heterocycles. The quantitative estimate of drug-likeness (QED) is 0.573. The predicted molar refractivity (Wildman–Crippen MR) is 93.6 cm³/mol. The largest absolute Gasteiger partial charge is 0.494 e. The molecule has 0 aliphatic rings. The second-order valence-corrected chi connectivity index (χ2v) is 5.74. The smallest absolute Gasteiger partial charge is 0.236 e. The highest BCUT2D eigenvalue weighted by Crippen LogP contribution is 2.13. The van der Waals surface area contributed by atoms with Gasteiger partial charge >= 0.3 is 0 Å². The molecule has 134 valence electrons. The molecule has 0 bridgehead atoms. The lowest BCUT2D eigenvalue weighted by molar-refractivity contribution is -0.120. The van der Waals surface area contributed by atoms with E-state index in [-0.39, 0.29) is 12.4 Å². The summed E-state index contributed by atoms with van der Waals surface area (Å²) in [7, 11) is 0. The highest BCUT2D eigenvalue weighted by Gasteiger charge is 2.12. The van der Waals surface area contributed by atoms with Gasteiger partial charge in [0.15, 0.2) is 0 Å². The molecule has 2 aromatic carbocycles. The number of benzene rings is 2. The fourth-order valence-corrected chi connectivity index (χ4v) is 2.36. The lowest BCUT2D eigenvalue weighted by Gasteiger charge is -2.13. The van der Waals surface area contributed by atoms with Crippen LogP contribution >= 0.6 is 0 Å². The van der Waals surface area contributed by atoms with E-state index in [0.29, 0.717) is 13.2 Å². The number of nitrogens with one attached hydrogen (secondary N) is 1. The normalized spacial score (nSPS) is 11.9. The Morgan fingerprint density at radius 2 is 1.96 bits per heavy atom. The van der Waals surface area contributed by atoms with Crippen molar-refractivity contribution in [3.05, 3.63) is 65.5 Å². The standard InChI is InChI=1S/C19H23FN2O3/c20-16-5-1-3-14(11-16)4-2-10-25-17-8-6-15(7-9-17)12-22-18(13-23)19(21)24/h1,3,5-9,11,18,22-23H,2,4,10,12-13H2,(H2,21,24). The Hall–Kier alpha value is -2.44. The summed E-state index contributed by atoms with van der Waals surface area (Å²) in [4.78, 5) is 11.0. The molecule has 0 aliphatic carbocycles. The number of hydrogen-bond acceptors (Lipinski definition) is 4. The van der Waals surface area contributed by atoms with Crippen LogP contribution in [0.3, 0.4) is 0 Å². The van der Waals surface area contributed by atoms with Gasteiger partial charge in [-0.15, -0.1) is 0 Å². The van der Waals surface area contributed by atoms with Crippen LogP contribution in [0.25, 0.3) is 0 Å². The molecular weight excluding hydrogens is 323 g/mol. The number of primary amides is 1. The van der Waals surface area contributed by atoms with Crippen molar-refractivity contribution in [2.24, 2.45) is 5.73 Å². The van der Waals surface area contributed by atoms with Crippen LogP contribution in [0.1, 0.15) is 17.5 Å². The summed E-state index contributed by atoms with van der Waals surface area (Å²) in [6.07, 6.45) is 1.55. The molecule has 2 rings (SSSR count). The molecule has 0 fully saturated rings. The predicted octanol–water partition coefficient (Wildman–Crippen LogP) is 1.77. The molecular formula is C19H23FN2O3. The molecule has 0 radical (unpaired) electrons. The molecule has 2 aromatic rings. The lowest BCUT2D eigenvalue weighted by Crippen LogP contribution is -2.43. The van der Waals surface area contributed by atoms with Crippen molar-refractivity contribution in [2.75, 3.05) is 13.2 Å². The van der Waals surface area contributed by atoms with Gasteiger partial charge in [0.05, 0.1) is 13.2 Å². The zero-order chi connectivity index (χ0) is 18.1. The zero-order valence-corrected chi connectivity index (χ0v) is 14.0. The van der Waals surface area contributed by atoms with E-state index in [1.165, 1.54) is 12.1 Å². The molecule has 1 atom stereocenters. The Morgan fingerprint density at radius 1 is 1.20 bits per heavy atom. The maximum absolute atomic E-state index is 13.1. The minimum atomic E-state index is -0.751. The van der Waals surface area contributed by atoms with Crippen LogP contribution in [0.15, 0.2) is 48.5 Å². The first-order valence-corrected chi connectivity index (χ1v) is 8.18. The van der Waals surface area contributed by atoms with E-state index < -0.39 is 11.9 Å². The highest BCUT2D eigenvalue weighted by atomic mass is 19.1. The van der Waals surface area contributed by atoms with E-state index in [4.69, 9.17) is 15.6 Å². The van der Waals surface area contributed by atoms with Crippen molar-refractivity contribution >= 4 is 5.91 Å². The first kappa shape index (κ1) is 18.9. The van der Waals surface area contributed by atoms with Crippen LogP contribution in [0.5, 0.6) is 5.75 Å². The van der Waals surface area contributed by atoms with Gasteiger partial charge in [0.2, 0.25) is 5.91 Å². The number of nitrogens with two attached hydrogens (primary N) is 1. The Balaban J connectivity index is 1.72. The Bertz CT molecular complexity index is 677. The Kier molecular flexibility index (Phi) is 7.37. The number of aliphatic hydroxyl groups excluding tert-OH is 1. The number of aryl methyl sites for hydroxylation is 1. The molecule has 1 unspecified atom stereocenters. The number of aliphatic hydroxyl groups is 1. The number of rotatable bonds is 10. The van der Waals surface area contributed by atoms with Gasteiger partial charge in [-0.3, -0.25) is 10.1 Å². The van der Waals surface area contributed by atoms with Crippen LogP contribution in [0.4, 0.5) is 4.39 Å². The van der Waals surface area contributed by atoms with E-state index in [2.05, 4.69) is 5.32 Å². The minimum absolute atomic E-state index is 0.220. The molecule has 0 spiro atoms. The summed E-state index contributed by atoms with van der Waals surface area (Å²) in [6, 6.07) is 13.3. The van der Waals surface area contributed by atoms with Crippen molar-refractivity contribution in [3.8, 4) is 5.75 Å². The van der Waals surface area contributed by atoms with Gasteiger partial charge in [0.25, 0.3) is 0 Å². The maximum atomic E-state index is 13.1. The number of hydrogen-bond donors (Lipinski definition) is 3. The van der Waals surface area contributed by atoms with Gasteiger partial charge in [0, 0.05) is 6.54 Å². The number of amides is 1. The molecule has 0 saturated carbocycles. The SMILES string of the molecule is NC(=O)C(CO)NCc1ccc(OCCCc2cccc(F)c2)cc1. The van der Waals surface area contributed by atoms with Crippen molar-refractivity contribution < 1.29 is 19.0 Å². The molecule has 4 N–H and O–H groups in total. The van der Waals surface area contributed by atoms with Crippen LogP contribution in [-0.2, 0) is 17.8 Å². The fourth-order valence-electron chi connectivity index (χ4n) is 2.36. The van der Waals surface area contributed by atoms with Crippen molar-refractivity contribution in [2.45, 2.75) is 25.4 Å². The third-order valence-electron chi connectivity index (χ3n) is 3.77. The third-order valence-corrected chi connectivity index (χ3v) is 3.77. The summed E-state index contributed by atoms with van der Waals surface area (Å²) in [5, 5.41) is 11.9. The molecule has 25 heavy (non-hydrogen) atoms. The molecule has 6 heteroatoms. The lowest BCUT2D eigenvalue weighted by atomic mass is 10.1. The van der Waals surface area contributed by atoms with E-state index in [9.17, 15) is 9.18 Å². The monoisotopic (exact) mass is 346 g/mol. The second-order valence-electron chi connectivity index (χ2n) is 5.74. The third kappa shape index (κ3) is 6.52. The second kappa shape index (κ2) is 9.76. The van der Waals surface area contributed by atoms with E-state index in [1.807, 2.05) is 30.3 Å².